The molecule has 0 aliphatic carbocycles. The molecule has 0 fully saturated rings. The number of rotatable bonds is 11. The van der Waals surface area contributed by atoms with Crippen molar-refractivity contribution >= 4 is 32.9 Å². The van der Waals surface area contributed by atoms with E-state index >= 15 is 0 Å². The van der Waals surface area contributed by atoms with Gasteiger partial charge in [0.1, 0.15) is 0 Å². The number of ether oxygens (including phenoxy) is 1. The standard InChI is InChI=1S/C27H37N5O7S/c1-7-9-11-12-24(33)32(40(6,37)38)31-25(34)21-16-20(22-13-14-28-29(22)5)19(18(3)4)17-23(21)30(26(31)35)27(36)39-15-10-8-2/h13-14,16-18H,7-12,15H2,1-6H3. The number of amides is 1. The van der Waals surface area contributed by atoms with E-state index in [0.29, 0.717) is 35.1 Å². The van der Waals surface area contributed by atoms with E-state index in [0.717, 1.165) is 24.7 Å². The summed E-state index contributed by atoms with van der Waals surface area (Å²) in [6.07, 6.45) is 4.07. The molecule has 3 aromatic rings. The van der Waals surface area contributed by atoms with Gasteiger partial charge in [-0.15, -0.1) is 9.09 Å². The van der Waals surface area contributed by atoms with Gasteiger partial charge in [-0.05, 0) is 42.5 Å². The fourth-order valence-electron chi connectivity index (χ4n) is 4.47. The van der Waals surface area contributed by atoms with Crippen LogP contribution in [-0.2, 0) is 26.6 Å². The normalized spacial score (nSPS) is 11.8. The molecule has 0 saturated heterocycles. The highest BCUT2D eigenvalue weighted by Gasteiger charge is 2.32. The first-order chi connectivity index (χ1) is 18.8. The molecule has 0 spiro atoms. The third-order valence-electron chi connectivity index (χ3n) is 6.53. The number of hydrogen-bond acceptors (Lipinski definition) is 8. The third-order valence-corrected chi connectivity index (χ3v) is 7.53. The van der Waals surface area contributed by atoms with Gasteiger partial charge in [0.25, 0.3) is 21.5 Å². The topological polar surface area (TPSA) is 143 Å². The molecule has 2 heterocycles. The van der Waals surface area contributed by atoms with Gasteiger partial charge in [0.05, 0.1) is 29.5 Å². The van der Waals surface area contributed by atoms with E-state index in [4.69, 9.17) is 4.74 Å². The molecule has 0 atom stereocenters. The highest BCUT2D eigenvalue weighted by molar-refractivity contribution is 7.92. The zero-order valence-electron chi connectivity index (χ0n) is 23.8. The Morgan fingerprint density at radius 2 is 1.75 bits per heavy atom. The largest absolute Gasteiger partial charge is 0.449 e. The van der Waals surface area contributed by atoms with Crippen LogP contribution in [0.5, 0.6) is 0 Å². The summed E-state index contributed by atoms with van der Waals surface area (Å²) in [5, 5.41) is 4.07. The highest BCUT2D eigenvalue weighted by atomic mass is 32.2. The van der Waals surface area contributed by atoms with Crippen LogP contribution in [0, 0.1) is 0 Å². The van der Waals surface area contributed by atoms with E-state index in [1.165, 1.54) is 6.07 Å². The van der Waals surface area contributed by atoms with Crippen LogP contribution < -0.4 is 15.7 Å². The number of aryl methyl sites for hydroxylation is 1. The fourth-order valence-corrected chi connectivity index (χ4v) is 5.37. The lowest BCUT2D eigenvalue weighted by Crippen LogP contribution is -2.58. The number of carbonyl (C=O) groups is 2. The second-order valence-corrected chi connectivity index (χ2v) is 11.8. The van der Waals surface area contributed by atoms with Gasteiger partial charge in [0.15, 0.2) is 0 Å². The number of fused-ring (bicyclic) bond motifs is 1. The molecule has 3 rings (SSSR count). The van der Waals surface area contributed by atoms with Gasteiger partial charge in [0, 0.05) is 25.2 Å². The number of nitrogens with zero attached hydrogens (tertiary/aromatic N) is 5. The quantitative estimate of drug-likeness (QED) is 0.316. The van der Waals surface area contributed by atoms with Crippen molar-refractivity contribution in [1.29, 1.82) is 0 Å². The van der Waals surface area contributed by atoms with Crippen molar-refractivity contribution in [3.8, 4) is 11.3 Å². The third kappa shape index (κ3) is 6.19. The summed E-state index contributed by atoms with van der Waals surface area (Å²) in [6, 6.07) is 4.81. The average molecular weight is 576 g/mol. The number of sulfonamides is 1. The van der Waals surface area contributed by atoms with Crippen LogP contribution in [0.1, 0.15) is 77.7 Å². The minimum Gasteiger partial charge on any atom is -0.449 e. The zero-order valence-corrected chi connectivity index (χ0v) is 24.7. The molecule has 1 amide bonds. The van der Waals surface area contributed by atoms with Crippen molar-refractivity contribution < 1.29 is 22.7 Å². The van der Waals surface area contributed by atoms with E-state index in [1.54, 1.807) is 30.1 Å². The molecular formula is C27H37N5O7S. The maximum absolute atomic E-state index is 13.9. The summed E-state index contributed by atoms with van der Waals surface area (Å²) < 4.78 is 33.7. The predicted molar refractivity (Wildman–Crippen MR) is 153 cm³/mol. The lowest BCUT2D eigenvalue weighted by atomic mass is 9.93. The maximum atomic E-state index is 13.9. The molecule has 0 radical (unpaired) electrons. The lowest BCUT2D eigenvalue weighted by molar-refractivity contribution is -0.118. The smallest absolute Gasteiger partial charge is 0.422 e. The molecule has 13 heteroatoms. The van der Waals surface area contributed by atoms with Crippen LogP contribution in [0.2, 0.25) is 0 Å². The van der Waals surface area contributed by atoms with Gasteiger partial charge < -0.3 is 4.74 Å². The van der Waals surface area contributed by atoms with Crippen LogP contribution in [0.3, 0.4) is 0 Å². The van der Waals surface area contributed by atoms with E-state index in [2.05, 4.69) is 5.10 Å². The molecule has 12 nitrogen and oxygen atoms in total. The summed E-state index contributed by atoms with van der Waals surface area (Å²) in [4.78, 5) is 54.1. The molecule has 0 bridgehead atoms. The van der Waals surface area contributed by atoms with E-state index in [-0.39, 0.29) is 38.9 Å². The van der Waals surface area contributed by atoms with Crippen molar-refractivity contribution in [3.63, 3.8) is 0 Å². The van der Waals surface area contributed by atoms with Crippen LogP contribution in [0.25, 0.3) is 22.2 Å². The molecule has 218 valence electrons. The van der Waals surface area contributed by atoms with Gasteiger partial charge in [-0.3, -0.25) is 14.3 Å². The Balaban J connectivity index is 2.47. The van der Waals surface area contributed by atoms with Crippen molar-refractivity contribution in [2.75, 3.05) is 17.3 Å². The summed E-state index contributed by atoms with van der Waals surface area (Å²) in [5.74, 6) is -1.05. The zero-order chi connectivity index (χ0) is 29.8. The monoisotopic (exact) mass is 575 g/mol. The Hall–Kier alpha value is -3.74. The summed E-state index contributed by atoms with van der Waals surface area (Å²) in [5.41, 5.74) is -0.416. The molecule has 2 aromatic heterocycles. The molecule has 1 aromatic carbocycles. The Morgan fingerprint density at radius 1 is 1.07 bits per heavy atom. The van der Waals surface area contributed by atoms with E-state index < -0.39 is 33.3 Å². The van der Waals surface area contributed by atoms with Gasteiger partial charge in [0.2, 0.25) is 0 Å². The van der Waals surface area contributed by atoms with Gasteiger partial charge in [-0.1, -0.05) is 47.0 Å². The fraction of sp³-hybridized carbons (Fsp3) is 0.519. The number of benzene rings is 1. The van der Waals surface area contributed by atoms with Crippen molar-refractivity contribution in [1.82, 2.24) is 19.0 Å². The first-order valence-corrected chi connectivity index (χ1v) is 15.2. The van der Waals surface area contributed by atoms with E-state index in [9.17, 15) is 27.6 Å². The van der Waals surface area contributed by atoms with E-state index in [1.807, 2.05) is 27.7 Å². The predicted octanol–water partition coefficient (Wildman–Crippen LogP) is 3.48. The SMILES string of the molecule is CCCCCC(=O)N(n1c(=O)c2cc(-c3ccnn3C)c(C(C)C)cc2n(C(=O)OCCCC)c1=O)S(C)(=O)=O. The van der Waals surface area contributed by atoms with Crippen molar-refractivity contribution in [3.05, 3.63) is 50.8 Å². The first-order valence-electron chi connectivity index (χ1n) is 13.4. The lowest BCUT2D eigenvalue weighted by Gasteiger charge is -2.23. The summed E-state index contributed by atoms with van der Waals surface area (Å²) in [7, 11) is -2.72. The van der Waals surface area contributed by atoms with Gasteiger partial charge >= 0.3 is 11.8 Å². The molecular weight excluding hydrogens is 538 g/mol. The van der Waals surface area contributed by atoms with Crippen LogP contribution in [0.4, 0.5) is 4.79 Å². The summed E-state index contributed by atoms with van der Waals surface area (Å²) >= 11 is 0. The first kappa shape index (κ1) is 30.8. The van der Waals surface area contributed by atoms with Crippen molar-refractivity contribution in [2.24, 2.45) is 7.05 Å². The van der Waals surface area contributed by atoms with Gasteiger partial charge in [-0.2, -0.15) is 9.67 Å². The second kappa shape index (κ2) is 12.6. The molecule has 40 heavy (non-hydrogen) atoms. The van der Waals surface area contributed by atoms with Crippen molar-refractivity contribution in [2.45, 2.75) is 72.1 Å². The molecule has 0 aliphatic rings. The van der Waals surface area contributed by atoms with Gasteiger partial charge in [-0.25, -0.2) is 18.0 Å². The minimum absolute atomic E-state index is 0.0122. The Morgan fingerprint density at radius 3 is 2.30 bits per heavy atom. The van der Waals surface area contributed by atoms with Crippen LogP contribution >= 0.6 is 0 Å². The second-order valence-electron chi connectivity index (χ2n) is 10.0. The molecule has 0 saturated carbocycles. The number of hydrogen-bond donors (Lipinski definition) is 0. The molecule has 0 aliphatic heterocycles. The summed E-state index contributed by atoms with van der Waals surface area (Å²) in [6.45, 7) is 7.67. The average Bonchev–Trinajstić information content (AvgIpc) is 3.30. The highest BCUT2D eigenvalue weighted by Crippen LogP contribution is 2.32. The Kier molecular flexibility index (Phi) is 9.72. The number of unbranched alkanes of at least 4 members (excludes halogenated alkanes) is 3. The Bertz CT molecular complexity index is 1630. The van der Waals surface area contributed by atoms with Crippen LogP contribution in [0.15, 0.2) is 34.0 Å². The van der Waals surface area contributed by atoms with Crippen LogP contribution in [-0.4, -0.2) is 52.3 Å². The maximum Gasteiger partial charge on any atom is 0.422 e. The Labute approximate surface area is 233 Å². The molecule has 0 N–H and O–H groups in total. The number of carbonyl (C=O) groups excluding carboxylic acids is 2. The minimum atomic E-state index is -4.45. The number of aromatic nitrogens is 4. The molecule has 0 unspecified atom stereocenters.